The van der Waals surface area contributed by atoms with Crippen LogP contribution in [0.2, 0.25) is 0 Å². The summed E-state index contributed by atoms with van der Waals surface area (Å²) in [6, 6.07) is 11.8. The summed E-state index contributed by atoms with van der Waals surface area (Å²) in [6.45, 7) is 5.27. The summed E-state index contributed by atoms with van der Waals surface area (Å²) in [5.41, 5.74) is 3.16. The molecule has 3 aliphatic rings. The van der Waals surface area contributed by atoms with Gasteiger partial charge in [-0.25, -0.2) is 5.01 Å². The minimum Gasteiger partial charge on any atom is -0.467 e. The van der Waals surface area contributed by atoms with Crippen molar-refractivity contribution in [2.75, 3.05) is 32.8 Å². The molecule has 2 fully saturated rings. The Balaban J connectivity index is 1.30. The maximum absolute atomic E-state index is 13.2. The van der Waals surface area contributed by atoms with E-state index in [0.29, 0.717) is 26.2 Å². The van der Waals surface area contributed by atoms with E-state index < -0.39 is 5.79 Å². The van der Waals surface area contributed by atoms with E-state index in [1.807, 2.05) is 12.1 Å². The lowest BCUT2D eigenvalue weighted by molar-refractivity contribution is -0.186. The summed E-state index contributed by atoms with van der Waals surface area (Å²) >= 11 is 0. The number of amides is 1. The number of ether oxygens (including phenoxy) is 2. The average molecular weight is 409 g/mol. The second-order valence-corrected chi connectivity index (χ2v) is 8.27. The number of piperidine rings is 1. The van der Waals surface area contributed by atoms with Crippen molar-refractivity contribution in [1.29, 1.82) is 0 Å². The van der Waals surface area contributed by atoms with E-state index in [-0.39, 0.29) is 11.9 Å². The van der Waals surface area contributed by atoms with Gasteiger partial charge in [0.1, 0.15) is 11.8 Å². The number of rotatable bonds is 4. The molecule has 1 amide bonds. The molecule has 158 valence electrons. The van der Waals surface area contributed by atoms with Gasteiger partial charge in [-0.1, -0.05) is 29.8 Å². The maximum Gasteiger partial charge on any atom is 0.257 e. The number of carbonyl (C=O) groups excluding carboxylic acids is 1. The number of benzene rings is 1. The molecule has 7 nitrogen and oxygen atoms in total. The lowest BCUT2D eigenvalue weighted by Crippen LogP contribution is -2.48. The van der Waals surface area contributed by atoms with E-state index in [0.717, 1.165) is 43.0 Å². The van der Waals surface area contributed by atoms with Crippen molar-refractivity contribution in [3.63, 3.8) is 0 Å². The smallest absolute Gasteiger partial charge is 0.257 e. The topological polar surface area (TPSA) is 67.5 Å². The van der Waals surface area contributed by atoms with E-state index in [9.17, 15) is 4.79 Å². The zero-order valence-electron chi connectivity index (χ0n) is 17.3. The molecule has 1 atom stereocenters. The molecule has 1 aromatic heterocycles. The highest BCUT2D eigenvalue weighted by molar-refractivity contribution is 6.03. The normalized spacial score (nSPS) is 23.8. The van der Waals surface area contributed by atoms with Crippen LogP contribution in [-0.2, 0) is 14.3 Å². The fourth-order valence-corrected chi connectivity index (χ4v) is 4.46. The first-order chi connectivity index (χ1) is 14.6. The van der Waals surface area contributed by atoms with Gasteiger partial charge in [0.05, 0.1) is 31.7 Å². The van der Waals surface area contributed by atoms with Gasteiger partial charge in [0.25, 0.3) is 5.91 Å². The Morgan fingerprint density at radius 2 is 1.87 bits per heavy atom. The molecular weight excluding hydrogens is 382 g/mol. The molecule has 30 heavy (non-hydrogen) atoms. The van der Waals surface area contributed by atoms with Crippen LogP contribution < -0.4 is 0 Å². The summed E-state index contributed by atoms with van der Waals surface area (Å²) in [6.07, 6.45) is 3.88. The van der Waals surface area contributed by atoms with Crippen molar-refractivity contribution in [3.05, 3.63) is 59.5 Å². The zero-order chi connectivity index (χ0) is 20.6. The SMILES string of the molecule is Cc1ccc(C2=NN(C(=O)CN3CCC4(CC3)OCCO4)C(c3ccco3)C2)cc1. The standard InChI is InChI=1S/C23H27N3O4/c1-17-4-6-18(7-5-17)19-15-20(21-3-2-12-28-21)26(24-19)22(27)16-25-10-8-23(9-11-25)29-13-14-30-23/h2-7,12,20H,8-11,13-16H2,1H3. The molecule has 7 heteroatoms. The molecule has 0 N–H and O–H groups in total. The fourth-order valence-electron chi connectivity index (χ4n) is 4.46. The highest BCUT2D eigenvalue weighted by Crippen LogP contribution is 2.34. The van der Waals surface area contributed by atoms with E-state index in [1.165, 1.54) is 5.56 Å². The van der Waals surface area contributed by atoms with Crippen LogP contribution in [0.3, 0.4) is 0 Å². The second-order valence-electron chi connectivity index (χ2n) is 8.27. The highest BCUT2D eigenvalue weighted by atomic mass is 16.7. The van der Waals surface area contributed by atoms with Crippen LogP contribution in [0.5, 0.6) is 0 Å². The van der Waals surface area contributed by atoms with Crippen LogP contribution in [-0.4, -0.2) is 60.2 Å². The summed E-state index contributed by atoms with van der Waals surface area (Å²) in [5, 5.41) is 6.34. The van der Waals surface area contributed by atoms with Crippen LogP contribution in [0, 0.1) is 6.92 Å². The monoisotopic (exact) mass is 409 g/mol. The molecular formula is C23H27N3O4. The van der Waals surface area contributed by atoms with Crippen LogP contribution in [0.25, 0.3) is 0 Å². The summed E-state index contributed by atoms with van der Waals surface area (Å²) < 4.78 is 17.2. The van der Waals surface area contributed by atoms with Gasteiger partial charge in [0.2, 0.25) is 0 Å². The van der Waals surface area contributed by atoms with Crippen LogP contribution in [0.4, 0.5) is 0 Å². The van der Waals surface area contributed by atoms with Crippen LogP contribution >= 0.6 is 0 Å². The molecule has 4 heterocycles. The van der Waals surface area contributed by atoms with Crippen molar-refractivity contribution in [2.45, 2.75) is 38.0 Å². The summed E-state index contributed by atoms with van der Waals surface area (Å²) in [7, 11) is 0. The molecule has 3 aliphatic heterocycles. The number of likely N-dealkylation sites (tertiary alicyclic amines) is 1. The predicted molar refractivity (Wildman–Crippen MR) is 111 cm³/mol. The Hall–Kier alpha value is -2.48. The molecule has 2 aromatic rings. The minimum absolute atomic E-state index is 0.0114. The first kappa shape index (κ1) is 19.5. The molecule has 0 aliphatic carbocycles. The number of furan rings is 1. The molecule has 0 bridgehead atoms. The van der Waals surface area contributed by atoms with Gasteiger partial charge < -0.3 is 13.9 Å². The quantitative estimate of drug-likeness (QED) is 0.776. The van der Waals surface area contributed by atoms with Crippen molar-refractivity contribution < 1.29 is 18.7 Å². The third-order valence-electron chi connectivity index (χ3n) is 6.21. The van der Waals surface area contributed by atoms with Crippen molar-refractivity contribution in [1.82, 2.24) is 9.91 Å². The van der Waals surface area contributed by atoms with Crippen molar-refractivity contribution >= 4 is 11.6 Å². The molecule has 1 spiro atoms. The van der Waals surface area contributed by atoms with Crippen LogP contribution in [0.1, 0.15) is 42.2 Å². The summed E-state index contributed by atoms with van der Waals surface area (Å²) in [5.74, 6) is 0.322. The number of nitrogens with zero attached hydrogens (tertiary/aromatic N) is 3. The number of hydrogen-bond acceptors (Lipinski definition) is 6. The van der Waals surface area contributed by atoms with Crippen molar-refractivity contribution in [3.8, 4) is 0 Å². The van der Waals surface area contributed by atoms with E-state index in [2.05, 4.69) is 36.1 Å². The molecule has 2 saturated heterocycles. The van der Waals surface area contributed by atoms with Crippen LogP contribution in [0.15, 0.2) is 52.2 Å². The molecule has 5 rings (SSSR count). The molecule has 0 saturated carbocycles. The zero-order valence-corrected chi connectivity index (χ0v) is 17.3. The Bertz CT molecular complexity index is 906. The van der Waals surface area contributed by atoms with Gasteiger partial charge in [-0.05, 0) is 24.6 Å². The predicted octanol–water partition coefficient (Wildman–Crippen LogP) is 3.10. The van der Waals surface area contributed by atoms with Gasteiger partial charge in [0, 0.05) is 32.4 Å². The Labute approximate surface area is 176 Å². The maximum atomic E-state index is 13.2. The van der Waals surface area contributed by atoms with Gasteiger partial charge in [0.15, 0.2) is 5.79 Å². The largest absolute Gasteiger partial charge is 0.467 e. The van der Waals surface area contributed by atoms with Gasteiger partial charge in [-0.2, -0.15) is 5.10 Å². The van der Waals surface area contributed by atoms with E-state index in [4.69, 9.17) is 19.0 Å². The molecule has 0 radical (unpaired) electrons. The lowest BCUT2D eigenvalue weighted by atomic mass is 10.0. The summed E-state index contributed by atoms with van der Waals surface area (Å²) in [4.78, 5) is 15.4. The molecule has 1 aromatic carbocycles. The number of hydrogen-bond donors (Lipinski definition) is 0. The Kier molecular flexibility index (Phi) is 5.18. The highest BCUT2D eigenvalue weighted by Gasteiger charge is 2.41. The van der Waals surface area contributed by atoms with E-state index in [1.54, 1.807) is 11.3 Å². The van der Waals surface area contributed by atoms with Gasteiger partial charge >= 0.3 is 0 Å². The number of hydrazone groups is 1. The van der Waals surface area contributed by atoms with Gasteiger partial charge in [-0.3, -0.25) is 9.69 Å². The Morgan fingerprint density at radius 3 is 2.53 bits per heavy atom. The third-order valence-corrected chi connectivity index (χ3v) is 6.21. The Morgan fingerprint density at radius 1 is 1.13 bits per heavy atom. The van der Waals surface area contributed by atoms with E-state index >= 15 is 0 Å². The van der Waals surface area contributed by atoms with Crippen molar-refractivity contribution in [2.24, 2.45) is 5.10 Å². The molecule has 1 unspecified atom stereocenters. The first-order valence-electron chi connectivity index (χ1n) is 10.6. The average Bonchev–Trinajstić information content (AvgIpc) is 3.51. The van der Waals surface area contributed by atoms with Gasteiger partial charge in [-0.15, -0.1) is 0 Å². The number of aryl methyl sites for hydroxylation is 1. The lowest BCUT2D eigenvalue weighted by Gasteiger charge is -2.37. The first-order valence-corrected chi connectivity index (χ1v) is 10.6. The second kappa shape index (κ2) is 7.98. The fraction of sp³-hybridized carbons (Fsp3) is 0.478. The third kappa shape index (κ3) is 3.80. The number of carbonyl (C=O) groups is 1. The minimum atomic E-state index is -0.430.